The van der Waals surface area contributed by atoms with Crippen LogP contribution in [0.5, 0.6) is 0 Å². The summed E-state index contributed by atoms with van der Waals surface area (Å²) in [4.78, 5) is 13.5. The van der Waals surface area contributed by atoms with Crippen molar-refractivity contribution in [2.45, 2.75) is 5.37 Å². The molecule has 0 amide bonds. The summed E-state index contributed by atoms with van der Waals surface area (Å²) in [5, 5.41) is -0.633. The molecule has 1 heterocycles. The number of carbonyl (C=O) groups excluding carboxylic acids is 1. The Balaban J connectivity index is 2.47. The molecule has 116 valence electrons. The maximum absolute atomic E-state index is 12.0. The van der Waals surface area contributed by atoms with Crippen LogP contribution in [0, 0.1) is 0 Å². The number of benzene rings is 1. The number of sulfone groups is 1. The van der Waals surface area contributed by atoms with Crippen LogP contribution in [0.3, 0.4) is 0 Å². The number of nitrogen functional groups attached to an aromatic ring is 1. The highest BCUT2D eigenvalue weighted by atomic mass is 32.2. The van der Waals surface area contributed by atoms with Gasteiger partial charge in [-0.3, -0.25) is 0 Å². The van der Waals surface area contributed by atoms with Crippen molar-refractivity contribution < 1.29 is 17.9 Å². The molecular formula is C13H18N2O4S2. The van der Waals surface area contributed by atoms with E-state index in [1.54, 1.807) is 34.9 Å². The van der Waals surface area contributed by atoms with Crippen LogP contribution in [0.25, 0.3) is 0 Å². The maximum atomic E-state index is 12.0. The summed E-state index contributed by atoms with van der Waals surface area (Å²) in [6.45, 7) is 0.567. The van der Waals surface area contributed by atoms with Crippen molar-refractivity contribution in [3.8, 4) is 0 Å². The van der Waals surface area contributed by atoms with Crippen molar-refractivity contribution in [3.63, 3.8) is 0 Å². The summed E-state index contributed by atoms with van der Waals surface area (Å²) in [6, 6.07) is 4.98. The molecule has 0 radical (unpaired) electrons. The number of para-hydroxylation sites is 1. The third-order valence-corrected chi connectivity index (χ3v) is 6.02. The second-order valence-corrected chi connectivity index (χ2v) is 8.14. The van der Waals surface area contributed by atoms with Crippen LogP contribution in [-0.2, 0) is 14.6 Å². The smallest absolute Gasteiger partial charge is 0.340 e. The molecule has 0 saturated carbocycles. The van der Waals surface area contributed by atoms with Crippen LogP contribution < -0.4 is 10.6 Å². The number of nitrogens with two attached hydrogens (primary N) is 1. The highest BCUT2D eigenvalue weighted by Gasteiger charge is 2.32. The molecule has 21 heavy (non-hydrogen) atoms. The van der Waals surface area contributed by atoms with Crippen molar-refractivity contribution in [2.75, 3.05) is 42.0 Å². The minimum absolute atomic E-state index is 0.250. The predicted molar refractivity (Wildman–Crippen MR) is 85.5 cm³/mol. The number of rotatable bonds is 3. The van der Waals surface area contributed by atoms with Crippen molar-refractivity contribution in [2.24, 2.45) is 0 Å². The third-order valence-electron chi connectivity index (χ3n) is 3.38. The van der Waals surface area contributed by atoms with Gasteiger partial charge in [0, 0.05) is 24.3 Å². The van der Waals surface area contributed by atoms with Crippen LogP contribution in [-0.4, -0.2) is 51.2 Å². The Morgan fingerprint density at radius 2 is 2.19 bits per heavy atom. The van der Waals surface area contributed by atoms with Gasteiger partial charge in [0.1, 0.15) is 5.37 Å². The Labute approximate surface area is 128 Å². The number of methoxy groups -OCH3 is 1. The van der Waals surface area contributed by atoms with Crippen LogP contribution in [0.1, 0.15) is 10.4 Å². The number of esters is 1. The van der Waals surface area contributed by atoms with E-state index in [0.29, 0.717) is 18.0 Å². The first-order valence-corrected chi connectivity index (χ1v) is 9.47. The minimum atomic E-state index is -3.25. The Bertz CT molecular complexity index is 646. The summed E-state index contributed by atoms with van der Waals surface area (Å²) >= 11 is 1.60. The minimum Gasteiger partial charge on any atom is -0.465 e. The first-order valence-electron chi connectivity index (χ1n) is 6.36. The molecule has 1 unspecified atom stereocenters. The summed E-state index contributed by atoms with van der Waals surface area (Å²) < 4.78 is 28.6. The summed E-state index contributed by atoms with van der Waals surface area (Å²) in [6.07, 6.45) is 1.22. The van der Waals surface area contributed by atoms with Crippen LogP contribution in [0.2, 0.25) is 0 Å². The lowest BCUT2D eigenvalue weighted by molar-refractivity contribution is 0.0602. The molecule has 0 aromatic heterocycles. The van der Waals surface area contributed by atoms with Gasteiger partial charge in [-0.1, -0.05) is 6.07 Å². The lowest BCUT2D eigenvalue weighted by Crippen LogP contribution is -2.47. The zero-order valence-corrected chi connectivity index (χ0v) is 13.5. The van der Waals surface area contributed by atoms with Gasteiger partial charge in [-0.2, -0.15) is 11.8 Å². The lowest BCUT2D eigenvalue weighted by atomic mass is 10.1. The lowest BCUT2D eigenvalue weighted by Gasteiger charge is -2.36. The average Bonchev–Trinajstić information content (AvgIpc) is 2.46. The Kier molecular flexibility index (Phi) is 4.67. The Hall–Kier alpha value is -1.41. The highest BCUT2D eigenvalue weighted by molar-refractivity contribution is 8.01. The van der Waals surface area contributed by atoms with Gasteiger partial charge >= 0.3 is 5.97 Å². The molecule has 0 spiro atoms. The fraction of sp³-hybridized carbons (Fsp3) is 0.462. The fourth-order valence-electron chi connectivity index (χ4n) is 2.30. The van der Waals surface area contributed by atoms with Crippen LogP contribution >= 0.6 is 11.8 Å². The summed E-state index contributed by atoms with van der Waals surface area (Å²) in [5.41, 5.74) is 7.12. The molecule has 6 nitrogen and oxygen atoms in total. The SMILES string of the molecule is COC(=O)c1cccc(N2CCSCC2S(C)(=O)=O)c1N. The number of hydrogen-bond donors (Lipinski definition) is 1. The number of carbonyl (C=O) groups is 1. The van der Waals surface area contributed by atoms with Crippen LogP contribution in [0.15, 0.2) is 18.2 Å². The first-order chi connectivity index (χ1) is 9.86. The molecule has 1 atom stereocenters. The van der Waals surface area contributed by atoms with E-state index < -0.39 is 21.2 Å². The molecule has 1 aromatic rings. The van der Waals surface area contributed by atoms with Gasteiger partial charge < -0.3 is 15.4 Å². The second-order valence-electron chi connectivity index (χ2n) is 4.78. The van der Waals surface area contributed by atoms with Crippen LogP contribution in [0.4, 0.5) is 11.4 Å². The number of hydrogen-bond acceptors (Lipinski definition) is 7. The van der Waals surface area contributed by atoms with Gasteiger partial charge in [-0.05, 0) is 12.1 Å². The zero-order valence-electron chi connectivity index (χ0n) is 11.9. The Morgan fingerprint density at radius 1 is 1.48 bits per heavy atom. The van der Waals surface area contributed by atoms with E-state index in [9.17, 15) is 13.2 Å². The van der Waals surface area contributed by atoms with Crippen molar-refractivity contribution in [1.82, 2.24) is 0 Å². The molecule has 1 aromatic carbocycles. The van der Waals surface area contributed by atoms with E-state index in [1.165, 1.54) is 13.4 Å². The highest BCUT2D eigenvalue weighted by Crippen LogP contribution is 2.33. The van der Waals surface area contributed by atoms with E-state index in [-0.39, 0.29) is 11.3 Å². The first kappa shape index (κ1) is 16.0. The van der Waals surface area contributed by atoms with Crippen molar-refractivity contribution in [3.05, 3.63) is 23.8 Å². The molecular weight excluding hydrogens is 312 g/mol. The second kappa shape index (κ2) is 6.15. The number of nitrogens with zero attached hydrogens (tertiary/aromatic N) is 1. The van der Waals surface area contributed by atoms with Gasteiger partial charge in [0.25, 0.3) is 0 Å². The monoisotopic (exact) mass is 330 g/mol. The average molecular weight is 330 g/mol. The van der Waals surface area contributed by atoms with E-state index >= 15 is 0 Å². The molecule has 0 bridgehead atoms. The third kappa shape index (κ3) is 3.26. The molecule has 8 heteroatoms. The molecule has 1 aliphatic rings. The quantitative estimate of drug-likeness (QED) is 0.652. The predicted octanol–water partition coefficient (Wildman–Crippen LogP) is 0.979. The molecule has 2 N–H and O–H groups in total. The number of thioether (sulfide) groups is 1. The number of anilines is 2. The molecule has 1 fully saturated rings. The largest absolute Gasteiger partial charge is 0.465 e. The normalized spacial score (nSPS) is 19.3. The van der Waals surface area contributed by atoms with E-state index in [1.807, 2.05) is 0 Å². The van der Waals surface area contributed by atoms with Gasteiger partial charge in [0.05, 0.1) is 24.0 Å². The topological polar surface area (TPSA) is 89.7 Å². The number of ether oxygens (including phenoxy) is 1. The fourth-order valence-corrected chi connectivity index (χ4v) is 5.14. The van der Waals surface area contributed by atoms with E-state index in [0.717, 1.165) is 5.75 Å². The maximum Gasteiger partial charge on any atom is 0.340 e. The van der Waals surface area contributed by atoms with Crippen molar-refractivity contribution >= 4 is 38.9 Å². The standard InChI is InChI=1S/C13H18N2O4S2/c1-19-13(16)9-4-3-5-10(12(9)14)15-6-7-20-8-11(15)21(2,17)18/h3-5,11H,6-8,14H2,1-2H3. The van der Waals surface area contributed by atoms with Gasteiger partial charge in [-0.15, -0.1) is 0 Å². The van der Waals surface area contributed by atoms with Gasteiger partial charge in [-0.25, -0.2) is 13.2 Å². The molecule has 2 rings (SSSR count). The molecule has 1 aliphatic heterocycles. The Morgan fingerprint density at radius 3 is 2.81 bits per heavy atom. The summed E-state index contributed by atoms with van der Waals surface area (Å²) in [7, 11) is -1.96. The molecule has 0 aliphatic carbocycles. The van der Waals surface area contributed by atoms with E-state index in [2.05, 4.69) is 0 Å². The zero-order chi connectivity index (χ0) is 15.6. The molecule has 1 saturated heterocycles. The summed E-state index contributed by atoms with van der Waals surface area (Å²) in [5.74, 6) is 0.769. The van der Waals surface area contributed by atoms with Crippen molar-refractivity contribution in [1.29, 1.82) is 0 Å². The van der Waals surface area contributed by atoms with Gasteiger partial charge in [0.15, 0.2) is 9.84 Å². The van der Waals surface area contributed by atoms with E-state index in [4.69, 9.17) is 10.5 Å². The van der Waals surface area contributed by atoms with Gasteiger partial charge in [0.2, 0.25) is 0 Å².